The number of fused-ring (bicyclic) bond motifs is 3. The Kier molecular flexibility index (Phi) is 19.3. The monoisotopic (exact) mass is 1200 g/mol. The Morgan fingerprint density at radius 1 is 0.291 bits per heavy atom. The summed E-state index contributed by atoms with van der Waals surface area (Å²) in [5, 5.41) is 9.04. The average molecular weight is 1200 g/mol. The minimum atomic E-state index is -2.77. The van der Waals surface area contributed by atoms with Gasteiger partial charge in [-0.15, -0.1) is 0 Å². The van der Waals surface area contributed by atoms with E-state index in [4.69, 9.17) is 13.9 Å². The first-order valence-electron chi connectivity index (χ1n) is 29.3. The molecule has 0 bridgehead atoms. The predicted molar refractivity (Wildman–Crippen MR) is 373 cm³/mol. The maximum absolute atomic E-state index is 7.58. The van der Waals surface area contributed by atoms with Gasteiger partial charge in [0.15, 0.2) is 0 Å². The fourth-order valence-electron chi connectivity index (χ4n) is 12.6. The van der Waals surface area contributed by atoms with Crippen LogP contribution in [0, 0.1) is 7.43 Å². The van der Waals surface area contributed by atoms with E-state index in [0.717, 1.165) is 43.9 Å². The molecule has 0 radical (unpaired) electrons. The summed E-state index contributed by atoms with van der Waals surface area (Å²) in [5.74, 6) is 0.594. The van der Waals surface area contributed by atoms with Crippen LogP contribution in [0.4, 0.5) is 11.4 Å². The molecule has 1 heterocycles. The van der Waals surface area contributed by atoms with E-state index >= 15 is 0 Å². The SMILES string of the molecule is CC(C)c1ccccc1N=P(c1ccccc1)(c1ccccc1)c1cccc2c1oc1c(P(=Nc3ccccc3C(C)C)(c3ccccc3)c3ccccc3)cccc12.[CH3-].[Zn+2].c1ccc([B-](c2ccccc2)(c2ccccc2)c2ccccc2)cc1. The summed E-state index contributed by atoms with van der Waals surface area (Å²) in [6.45, 7) is 9.00. The third-order valence-electron chi connectivity index (χ3n) is 16.5. The topological polar surface area (TPSA) is 37.9 Å². The van der Waals surface area contributed by atoms with Gasteiger partial charge in [-0.05, 0) is 47.2 Å². The number of nitrogens with zero attached hydrogens (tertiary/aromatic N) is 2. The minimum Gasteiger partial charge on any atom is -0.455 e. The van der Waals surface area contributed by atoms with Gasteiger partial charge in [0.25, 0.3) is 0 Å². The fourth-order valence-corrected chi connectivity index (χ4v) is 20.0. The number of furan rings is 1. The molecule has 0 amide bonds. The molecule has 13 aromatic rings. The molecule has 7 heteroatoms. The molecular formula is C79H71BN2OP2Zn. The van der Waals surface area contributed by atoms with Gasteiger partial charge < -0.3 is 11.8 Å². The number of para-hydroxylation sites is 2. The third-order valence-corrected chi connectivity index (χ3v) is 23.8. The van der Waals surface area contributed by atoms with E-state index in [-0.39, 0.29) is 26.9 Å². The fraction of sp³-hybridized carbons (Fsp3) is 0.0759. The average Bonchev–Trinajstić information content (AvgIpc) is 1.61. The summed E-state index contributed by atoms with van der Waals surface area (Å²) in [4.78, 5) is 0. The van der Waals surface area contributed by atoms with Crippen molar-refractivity contribution in [3.8, 4) is 0 Å². The van der Waals surface area contributed by atoms with Gasteiger partial charge in [-0.1, -0.05) is 331 Å². The molecule has 0 unspecified atom stereocenters. The Morgan fingerprint density at radius 3 is 0.802 bits per heavy atom. The van der Waals surface area contributed by atoms with E-state index in [1.165, 1.54) is 54.2 Å². The first-order chi connectivity index (χ1) is 41.3. The zero-order chi connectivity index (χ0) is 57.4. The van der Waals surface area contributed by atoms with Crippen molar-refractivity contribution >= 4 is 107 Å². The van der Waals surface area contributed by atoms with Crippen molar-refractivity contribution < 1.29 is 23.9 Å². The van der Waals surface area contributed by atoms with Crippen molar-refractivity contribution in [1.82, 2.24) is 0 Å². The van der Waals surface area contributed by atoms with Gasteiger partial charge >= 0.3 is 19.5 Å². The molecule has 0 aliphatic heterocycles. The van der Waals surface area contributed by atoms with Crippen LogP contribution >= 0.6 is 14.1 Å². The molecule has 0 aliphatic carbocycles. The van der Waals surface area contributed by atoms with Crippen LogP contribution in [-0.2, 0) is 19.5 Å². The number of benzene rings is 12. The first kappa shape index (κ1) is 60.7. The van der Waals surface area contributed by atoms with Gasteiger partial charge in [0.05, 0.1) is 25.5 Å². The van der Waals surface area contributed by atoms with Crippen LogP contribution in [-0.4, -0.2) is 6.15 Å². The summed E-state index contributed by atoms with van der Waals surface area (Å²) in [5.41, 5.74) is 11.6. The molecule has 86 heavy (non-hydrogen) atoms. The normalized spacial score (nSPS) is 11.5. The standard InChI is InChI=1S/C54H48N2OP2.C24H20B.CH3.Zn/c1-39(2)45-31-17-19-35-49(45)55-58(41-23-9-5-10-24-41,42-25-11-6-12-26-42)51-37-21-33-47-48-34-22-38-52(54(48)57-53(47)51)59(43-27-13-7-14-28-43,44-29-15-8-16-30-44)56-50-36-20-18-32-46(50)40(3)4;1-5-13-21(14-6-1)25(22-15-7-2-8-16-22,23-17-9-3-10-18-23)24-19-11-4-12-20-24;;/h5-40H,1-4H3;1-20H;1H3;/q;2*-1;+2. The Bertz CT molecular complexity index is 3970. The molecule has 13 rings (SSSR count). The van der Waals surface area contributed by atoms with E-state index in [9.17, 15) is 0 Å². The molecular weight excluding hydrogens is 1130 g/mol. The zero-order valence-corrected chi connectivity index (χ0v) is 54.6. The van der Waals surface area contributed by atoms with Crippen LogP contribution in [0.15, 0.2) is 341 Å². The van der Waals surface area contributed by atoms with Crippen LogP contribution in [0.2, 0.25) is 0 Å². The summed E-state index contributed by atoms with van der Waals surface area (Å²) in [6, 6.07) is 118. The van der Waals surface area contributed by atoms with E-state index in [1.54, 1.807) is 0 Å². The zero-order valence-electron chi connectivity index (χ0n) is 49.8. The maximum atomic E-state index is 7.58. The number of hydrogen-bond donors (Lipinski definition) is 0. The van der Waals surface area contributed by atoms with E-state index in [0.29, 0.717) is 11.8 Å². The number of rotatable bonds is 14. The predicted octanol–water partition coefficient (Wildman–Crippen LogP) is 17.0. The Hall–Kier alpha value is -8.41. The molecule has 1 aromatic heterocycles. The second-order valence-corrected chi connectivity index (χ2v) is 28.1. The molecule has 0 aliphatic rings. The van der Waals surface area contributed by atoms with Crippen LogP contribution in [0.5, 0.6) is 0 Å². The van der Waals surface area contributed by atoms with E-state index in [1.807, 2.05) is 0 Å². The summed E-state index contributed by atoms with van der Waals surface area (Å²) in [6.07, 6.45) is -1.22. The van der Waals surface area contributed by atoms with Crippen molar-refractivity contribution in [3.05, 3.63) is 346 Å². The first-order valence-corrected chi connectivity index (χ1v) is 32.8. The second-order valence-electron chi connectivity index (χ2n) is 22.2. The smallest absolute Gasteiger partial charge is 0.455 e. The van der Waals surface area contributed by atoms with Crippen LogP contribution in [0.25, 0.3) is 21.9 Å². The Balaban J connectivity index is 0.000000254. The molecule has 0 saturated carbocycles. The van der Waals surface area contributed by atoms with Gasteiger partial charge in [-0.25, -0.2) is 0 Å². The van der Waals surface area contributed by atoms with Gasteiger partial charge in [-0.3, -0.25) is 9.49 Å². The van der Waals surface area contributed by atoms with Crippen molar-refractivity contribution in [3.63, 3.8) is 0 Å². The summed E-state index contributed by atoms with van der Waals surface area (Å²) >= 11 is 0. The second kappa shape index (κ2) is 27.3. The summed E-state index contributed by atoms with van der Waals surface area (Å²) < 4.78 is 19.6. The molecule has 418 valence electrons. The largest absolute Gasteiger partial charge is 2.00 e. The van der Waals surface area contributed by atoms with Crippen molar-refractivity contribution in [2.45, 2.75) is 39.5 Å². The maximum Gasteiger partial charge on any atom is 2.00 e. The quantitative estimate of drug-likeness (QED) is 0.0607. The van der Waals surface area contributed by atoms with Crippen molar-refractivity contribution in [2.75, 3.05) is 0 Å². The molecule has 0 atom stereocenters. The van der Waals surface area contributed by atoms with Crippen LogP contribution in [0.1, 0.15) is 50.7 Å². The van der Waals surface area contributed by atoms with Gasteiger partial charge in [0, 0.05) is 42.6 Å². The van der Waals surface area contributed by atoms with Gasteiger partial charge in [0.1, 0.15) is 17.3 Å². The van der Waals surface area contributed by atoms with Crippen LogP contribution in [0.3, 0.4) is 0 Å². The molecule has 0 N–H and O–H groups in total. The minimum absolute atomic E-state index is 0. The Morgan fingerprint density at radius 2 is 0.535 bits per heavy atom. The van der Waals surface area contributed by atoms with E-state index in [2.05, 4.69) is 355 Å². The molecule has 0 saturated heterocycles. The molecule has 3 nitrogen and oxygen atoms in total. The van der Waals surface area contributed by atoms with E-state index < -0.39 is 20.3 Å². The van der Waals surface area contributed by atoms with Crippen molar-refractivity contribution in [1.29, 1.82) is 0 Å². The third kappa shape index (κ3) is 11.5. The number of hydrogen-bond acceptors (Lipinski definition) is 3. The Labute approximate surface area is 522 Å². The molecule has 12 aromatic carbocycles. The van der Waals surface area contributed by atoms with Gasteiger partial charge in [0.2, 0.25) is 0 Å². The molecule has 0 fully saturated rings. The van der Waals surface area contributed by atoms with Gasteiger partial charge in [-0.2, -0.15) is 21.9 Å². The van der Waals surface area contributed by atoms with Crippen LogP contribution < -0.4 is 53.7 Å². The molecule has 0 spiro atoms. The summed E-state index contributed by atoms with van der Waals surface area (Å²) in [7, 11) is -5.54. The van der Waals surface area contributed by atoms with Crippen molar-refractivity contribution in [2.24, 2.45) is 9.49 Å².